The van der Waals surface area contributed by atoms with E-state index in [1.165, 1.54) is 12.1 Å². The number of nitrogens with zero attached hydrogens (tertiary/aromatic N) is 1. The predicted octanol–water partition coefficient (Wildman–Crippen LogP) is 4.60. The highest BCUT2D eigenvalue weighted by Gasteiger charge is 2.36. The Bertz CT molecular complexity index is 855. The molecule has 27 heavy (non-hydrogen) atoms. The molecule has 0 saturated carbocycles. The second-order valence-corrected chi connectivity index (χ2v) is 6.22. The molecule has 0 spiro atoms. The van der Waals surface area contributed by atoms with Gasteiger partial charge in [0.05, 0.1) is 5.57 Å². The fourth-order valence-electron chi connectivity index (χ4n) is 3.04. The highest BCUT2D eigenvalue weighted by Crippen LogP contribution is 2.40. The lowest BCUT2D eigenvalue weighted by Gasteiger charge is -2.22. The standard InChI is InChI=1S/C20H19F3N2O2/c1-25-17(12-6-3-2-4-7-12)18(26)16(20(25)24)13-8-5-9-14(10-13)27-11-15(21)19(22)23/h2-10,15,17,19,24,26H,11H2,1H3. The first-order valence-corrected chi connectivity index (χ1v) is 8.35. The molecule has 2 unspecified atom stereocenters. The Balaban J connectivity index is 1.90. The van der Waals surface area contributed by atoms with Gasteiger partial charge in [-0.3, -0.25) is 5.41 Å². The van der Waals surface area contributed by atoms with Gasteiger partial charge >= 0.3 is 0 Å². The van der Waals surface area contributed by atoms with Gasteiger partial charge in [-0.2, -0.15) is 0 Å². The van der Waals surface area contributed by atoms with Crippen LogP contribution in [0.2, 0.25) is 0 Å². The molecular formula is C20H19F3N2O2. The summed E-state index contributed by atoms with van der Waals surface area (Å²) in [7, 11) is 1.71. The zero-order chi connectivity index (χ0) is 19.6. The van der Waals surface area contributed by atoms with Crippen LogP contribution in [0.4, 0.5) is 13.2 Å². The monoisotopic (exact) mass is 376 g/mol. The van der Waals surface area contributed by atoms with Gasteiger partial charge in [0.1, 0.15) is 30.0 Å². The third-order valence-corrected chi connectivity index (χ3v) is 4.41. The topological polar surface area (TPSA) is 56.6 Å². The number of alkyl halides is 3. The van der Waals surface area contributed by atoms with Crippen LogP contribution in [0.1, 0.15) is 17.2 Å². The molecule has 0 aliphatic carbocycles. The van der Waals surface area contributed by atoms with Crippen molar-refractivity contribution in [2.24, 2.45) is 0 Å². The van der Waals surface area contributed by atoms with E-state index < -0.39 is 25.2 Å². The third-order valence-electron chi connectivity index (χ3n) is 4.41. The minimum atomic E-state index is -3.11. The number of hydrogen-bond donors (Lipinski definition) is 2. The zero-order valence-electron chi connectivity index (χ0n) is 14.6. The first kappa shape index (κ1) is 18.8. The van der Waals surface area contributed by atoms with Crippen molar-refractivity contribution < 1.29 is 23.0 Å². The van der Waals surface area contributed by atoms with Gasteiger partial charge < -0.3 is 14.7 Å². The molecule has 142 valence electrons. The Hall–Kier alpha value is -2.96. The average molecular weight is 376 g/mol. The van der Waals surface area contributed by atoms with E-state index >= 15 is 0 Å². The predicted molar refractivity (Wildman–Crippen MR) is 97.1 cm³/mol. The maximum absolute atomic E-state index is 13.1. The van der Waals surface area contributed by atoms with Gasteiger partial charge in [0.15, 0.2) is 6.17 Å². The van der Waals surface area contributed by atoms with E-state index in [9.17, 15) is 18.3 Å². The van der Waals surface area contributed by atoms with E-state index in [-0.39, 0.29) is 17.3 Å². The smallest absolute Gasteiger partial charge is 0.272 e. The second-order valence-electron chi connectivity index (χ2n) is 6.22. The summed E-state index contributed by atoms with van der Waals surface area (Å²) in [4.78, 5) is 1.64. The number of aliphatic hydroxyl groups excluding tert-OH is 1. The van der Waals surface area contributed by atoms with Gasteiger partial charge in [0.2, 0.25) is 0 Å². The van der Waals surface area contributed by atoms with Crippen LogP contribution in [-0.4, -0.2) is 42.1 Å². The summed E-state index contributed by atoms with van der Waals surface area (Å²) < 4.78 is 42.7. The van der Waals surface area contributed by atoms with E-state index in [1.807, 2.05) is 30.3 Å². The number of hydrogen-bond acceptors (Lipinski definition) is 3. The number of aliphatic hydroxyl groups is 1. The van der Waals surface area contributed by atoms with E-state index in [1.54, 1.807) is 24.1 Å². The Morgan fingerprint density at radius 2 is 1.81 bits per heavy atom. The highest BCUT2D eigenvalue weighted by molar-refractivity contribution is 6.24. The lowest BCUT2D eigenvalue weighted by molar-refractivity contribution is 0.0231. The van der Waals surface area contributed by atoms with Gasteiger partial charge in [-0.15, -0.1) is 0 Å². The first-order chi connectivity index (χ1) is 12.9. The molecule has 0 aromatic heterocycles. The SMILES string of the molecule is CN1C(=N)C(c2cccc(OCC(F)C(F)F)c2)=C(O)C1c1ccccc1. The molecule has 0 bridgehead atoms. The van der Waals surface area contributed by atoms with Crippen LogP contribution in [0.15, 0.2) is 60.4 Å². The van der Waals surface area contributed by atoms with Gasteiger partial charge in [0.25, 0.3) is 6.43 Å². The first-order valence-electron chi connectivity index (χ1n) is 8.35. The maximum Gasteiger partial charge on any atom is 0.272 e. The largest absolute Gasteiger partial charge is 0.509 e. The van der Waals surface area contributed by atoms with Gasteiger partial charge in [0, 0.05) is 7.05 Å². The van der Waals surface area contributed by atoms with Crippen molar-refractivity contribution in [1.82, 2.24) is 4.90 Å². The summed E-state index contributed by atoms with van der Waals surface area (Å²) in [6.45, 7) is -0.768. The van der Waals surface area contributed by atoms with Crippen molar-refractivity contribution in [2.75, 3.05) is 13.7 Å². The Morgan fingerprint density at radius 1 is 1.11 bits per heavy atom. The number of benzene rings is 2. The average Bonchev–Trinajstić information content (AvgIpc) is 2.89. The van der Waals surface area contributed by atoms with Crippen molar-refractivity contribution in [2.45, 2.75) is 18.6 Å². The molecule has 4 nitrogen and oxygen atoms in total. The molecule has 2 N–H and O–H groups in total. The number of likely N-dealkylation sites (N-methyl/N-ethyl adjacent to an activating group) is 1. The number of nitrogens with one attached hydrogen (secondary N) is 1. The molecule has 2 aromatic carbocycles. The summed E-state index contributed by atoms with van der Waals surface area (Å²) in [5, 5.41) is 19.1. The number of ether oxygens (including phenoxy) is 1. The second kappa shape index (κ2) is 7.73. The molecule has 0 radical (unpaired) electrons. The zero-order valence-corrected chi connectivity index (χ0v) is 14.6. The number of halogens is 3. The molecule has 3 rings (SSSR count). The van der Waals surface area contributed by atoms with Crippen LogP contribution in [0.3, 0.4) is 0 Å². The summed E-state index contributed by atoms with van der Waals surface area (Å²) >= 11 is 0. The van der Waals surface area contributed by atoms with Crippen molar-refractivity contribution in [1.29, 1.82) is 5.41 Å². The molecular weight excluding hydrogens is 357 g/mol. The fraction of sp³-hybridized carbons (Fsp3) is 0.250. The molecule has 0 amide bonds. The van der Waals surface area contributed by atoms with Crippen LogP contribution < -0.4 is 4.74 Å². The van der Waals surface area contributed by atoms with Crippen LogP contribution in [0.5, 0.6) is 5.75 Å². The van der Waals surface area contributed by atoms with Crippen LogP contribution >= 0.6 is 0 Å². The molecule has 7 heteroatoms. The summed E-state index contributed by atoms with van der Waals surface area (Å²) in [5.41, 5.74) is 1.65. The van der Waals surface area contributed by atoms with Crippen LogP contribution in [0, 0.1) is 5.41 Å². The van der Waals surface area contributed by atoms with Crippen molar-refractivity contribution in [3.63, 3.8) is 0 Å². The van der Waals surface area contributed by atoms with Gasteiger partial charge in [-0.25, -0.2) is 13.2 Å². The number of rotatable bonds is 6. The van der Waals surface area contributed by atoms with E-state index in [4.69, 9.17) is 10.1 Å². The molecule has 1 aliphatic heterocycles. The summed E-state index contributed by atoms with van der Waals surface area (Å²) in [6.07, 6.45) is -5.48. The van der Waals surface area contributed by atoms with E-state index in [0.29, 0.717) is 11.1 Å². The molecule has 2 aromatic rings. The summed E-state index contributed by atoms with van der Waals surface area (Å²) in [5.74, 6) is 0.325. The minimum absolute atomic E-state index is 0.0156. The van der Waals surface area contributed by atoms with Crippen LogP contribution in [0.25, 0.3) is 5.57 Å². The lowest BCUT2D eigenvalue weighted by Crippen LogP contribution is -2.25. The fourth-order valence-corrected chi connectivity index (χ4v) is 3.04. The van der Waals surface area contributed by atoms with Crippen molar-refractivity contribution >= 4 is 11.4 Å². The van der Waals surface area contributed by atoms with Crippen LogP contribution in [-0.2, 0) is 0 Å². The van der Waals surface area contributed by atoms with E-state index in [2.05, 4.69) is 0 Å². The van der Waals surface area contributed by atoms with Gasteiger partial charge in [-0.1, -0.05) is 42.5 Å². The minimum Gasteiger partial charge on any atom is -0.509 e. The quantitative estimate of drug-likeness (QED) is 0.775. The molecule has 1 aliphatic rings. The van der Waals surface area contributed by atoms with E-state index in [0.717, 1.165) is 5.56 Å². The molecule has 0 saturated heterocycles. The molecule has 2 atom stereocenters. The Kier molecular flexibility index (Phi) is 5.39. The maximum atomic E-state index is 13.1. The highest BCUT2D eigenvalue weighted by atomic mass is 19.3. The molecule has 1 heterocycles. The summed E-state index contributed by atoms with van der Waals surface area (Å²) in [6, 6.07) is 15.1. The van der Waals surface area contributed by atoms with Gasteiger partial charge in [-0.05, 0) is 23.3 Å². The lowest BCUT2D eigenvalue weighted by atomic mass is 10.0. The number of amidine groups is 1. The Labute approximate surface area is 155 Å². The molecule has 0 fully saturated rings. The Morgan fingerprint density at radius 3 is 2.48 bits per heavy atom. The third kappa shape index (κ3) is 3.77. The van der Waals surface area contributed by atoms with Crippen molar-refractivity contribution in [3.8, 4) is 5.75 Å². The normalized spacial score (nSPS) is 18.3. The van der Waals surface area contributed by atoms with Crippen molar-refractivity contribution in [3.05, 3.63) is 71.5 Å².